The van der Waals surface area contributed by atoms with Crippen molar-refractivity contribution < 1.29 is 9.72 Å². The number of para-hydroxylation sites is 1. The average Bonchev–Trinajstić information content (AvgIpc) is 2.81. The van der Waals surface area contributed by atoms with Crippen molar-refractivity contribution in [2.75, 3.05) is 36.4 Å². The Morgan fingerprint density at radius 1 is 1.03 bits per heavy atom. The third kappa shape index (κ3) is 5.09. The lowest BCUT2D eigenvalue weighted by Gasteiger charge is -2.35. The van der Waals surface area contributed by atoms with Gasteiger partial charge in [0.05, 0.1) is 16.8 Å². The second-order valence-electron chi connectivity index (χ2n) is 7.87. The van der Waals surface area contributed by atoms with Gasteiger partial charge in [-0.2, -0.15) is 0 Å². The fourth-order valence-electron chi connectivity index (χ4n) is 3.75. The molecular weight excluding hydrogens is 406 g/mol. The van der Waals surface area contributed by atoms with E-state index in [1.807, 2.05) is 43.3 Å². The number of nitro benzene ring substituents is 1. The predicted molar refractivity (Wildman–Crippen MR) is 124 cm³/mol. The fourth-order valence-corrected chi connectivity index (χ4v) is 3.75. The zero-order valence-electron chi connectivity index (χ0n) is 17.9. The molecule has 0 aliphatic carbocycles. The van der Waals surface area contributed by atoms with Crippen LogP contribution >= 0.6 is 0 Å². The molecule has 2 aromatic carbocycles. The van der Waals surface area contributed by atoms with E-state index >= 15 is 0 Å². The van der Waals surface area contributed by atoms with Crippen LogP contribution in [0.4, 0.5) is 17.2 Å². The van der Waals surface area contributed by atoms with Gasteiger partial charge in [-0.15, -0.1) is 0 Å². The largest absolute Gasteiger partial charge is 0.354 e. The monoisotopic (exact) mass is 431 g/mol. The number of carbonyl (C=O) groups excluding carboxylic acids is 1. The molecule has 3 aromatic rings. The summed E-state index contributed by atoms with van der Waals surface area (Å²) in [7, 11) is 0. The van der Waals surface area contributed by atoms with E-state index in [2.05, 4.69) is 20.1 Å². The molecule has 0 atom stereocenters. The Balaban J connectivity index is 1.32. The molecule has 1 saturated heterocycles. The molecule has 8 heteroatoms. The van der Waals surface area contributed by atoms with Crippen LogP contribution in [0.5, 0.6) is 0 Å². The van der Waals surface area contributed by atoms with E-state index in [0.29, 0.717) is 17.8 Å². The molecular formula is C24H25N5O3. The Hall–Kier alpha value is -3.78. The first kappa shape index (κ1) is 21.5. The molecule has 164 valence electrons. The molecule has 1 aliphatic heterocycles. The van der Waals surface area contributed by atoms with Gasteiger partial charge in [0.1, 0.15) is 5.82 Å². The lowest BCUT2D eigenvalue weighted by molar-refractivity contribution is -0.385. The number of hydrogen-bond donors (Lipinski definition) is 1. The van der Waals surface area contributed by atoms with Gasteiger partial charge in [-0.25, -0.2) is 4.98 Å². The highest BCUT2D eigenvalue weighted by molar-refractivity contribution is 6.04. The zero-order valence-corrected chi connectivity index (χ0v) is 17.9. The number of nitro groups is 1. The molecule has 0 unspecified atom stereocenters. The summed E-state index contributed by atoms with van der Waals surface area (Å²) in [6, 6.07) is 18.1. The van der Waals surface area contributed by atoms with Gasteiger partial charge in [-0.3, -0.25) is 19.8 Å². The maximum Gasteiger partial charge on any atom is 0.273 e. The highest BCUT2D eigenvalue weighted by atomic mass is 16.6. The molecule has 2 heterocycles. The summed E-state index contributed by atoms with van der Waals surface area (Å²) in [5.41, 5.74) is 3.26. The van der Waals surface area contributed by atoms with Crippen molar-refractivity contribution in [3.8, 4) is 0 Å². The smallest absolute Gasteiger partial charge is 0.273 e. The molecule has 1 N–H and O–H groups in total. The van der Waals surface area contributed by atoms with Crippen molar-refractivity contribution in [1.82, 2.24) is 9.88 Å². The molecule has 0 saturated carbocycles. The van der Waals surface area contributed by atoms with E-state index in [-0.39, 0.29) is 16.5 Å². The van der Waals surface area contributed by atoms with Gasteiger partial charge in [0.25, 0.3) is 11.6 Å². The number of nitrogens with zero attached hydrogens (tertiary/aromatic N) is 4. The number of nitrogens with one attached hydrogen (secondary N) is 1. The molecule has 0 spiro atoms. The van der Waals surface area contributed by atoms with Crippen LogP contribution < -0.4 is 10.2 Å². The Morgan fingerprint density at radius 3 is 2.41 bits per heavy atom. The van der Waals surface area contributed by atoms with Crippen molar-refractivity contribution in [3.05, 3.63) is 93.7 Å². The Bertz CT molecular complexity index is 1090. The molecule has 1 amide bonds. The average molecular weight is 431 g/mol. The van der Waals surface area contributed by atoms with Gasteiger partial charge in [0.15, 0.2) is 0 Å². The third-order valence-electron chi connectivity index (χ3n) is 5.60. The van der Waals surface area contributed by atoms with Crippen molar-refractivity contribution in [2.24, 2.45) is 0 Å². The lowest BCUT2D eigenvalue weighted by Crippen LogP contribution is -2.46. The summed E-state index contributed by atoms with van der Waals surface area (Å²) in [6.07, 6.45) is 1.67. The minimum absolute atomic E-state index is 0.164. The predicted octanol–water partition coefficient (Wildman–Crippen LogP) is 3.87. The minimum Gasteiger partial charge on any atom is -0.354 e. The van der Waals surface area contributed by atoms with Gasteiger partial charge >= 0.3 is 0 Å². The van der Waals surface area contributed by atoms with Gasteiger partial charge < -0.3 is 10.2 Å². The van der Waals surface area contributed by atoms with Crippen molar-refractivity contribution in [2.45, 2.75) is 13.5 Å². The van der Waals surface area contributed by atoms with E-state index in [4.69, 9.17) is 0 Å². The molecule has 1 fully saturated rings. The van der Waals surface area contributed by atoms with Crippen LogP contribution in [-0.2, 0) is 6.54 Å². The van der Waals surface area contributed by atoms with Crippen LogP contribution in [0.2, 0.25) is 0 Å². The minimum atomic E-state index is -0.325. The summed E-state index contributed by atoms with van der Waals surface area (Å²) in [6.45, 7) is 5.68. The van der Waals surface area contributed by atoms with E-state index in [9.17, 15) is 14.9 Å². The van der Waals surface area contributed by atoms with E-state index < -0.39 is 0 Å². The molecule has 1 aliphatic rings. The number of anilines is 2. The zero-order chi connectivity index (χ0) is 22.5. The Kier molecular flexibility index (Phi) is 6.42. The van der Waals surface area contributed by atoms with E-state index in [0.717, 1.165) is 43.1 Å². The lowest BCUT2D eigenvalue weighted by atomic mass is 10.1. The number of aromatic nitrogens is 1. The van der Waals surface area contributed by atoms with Crippen LogP contribution in [-0.4, -0.2) is 46.9 Å². The first-order chi connectivity index (χ1) is 15.5. The first-order valence-corrected chi connectivity index (χ1v) is 10.5. The Labute approximate surface area is 186 Å². The summed E-state index contributed by atoms with van der Waals surface area (Å²) >= 11 is 0. The summed E-state index contributed by atoms with van der Waals surface area (Å²) in [5, 5.41) is 14.1. The summed E-state index contributed by atoms with van der Waals surface area (Å²) in [5.74, 6) is 0.687. The summed E-state index contributed by atoms with van der Waals surface area (Å²) in [4.78, 5) is 32.2. The van der Waals surface area contributed by atoms with Crippen molar-refractivity contribution in [3.63, 3.8) is 0 Å². The molecule has 32 heavy (non-hydrogen) atoms. The highest BCUT2D eigenvalue weighted by Gasteiger charge is 2.21. The van der Waals surface area contributed by atoms with Gasteiger partial charge in [-0.1, -0.05) is 35.9 Å². The topological polar surface area (TPSA) is 91.6 Å². The Morgan fingerprint density at radius 2 is 1.75 bits per heavy atom. The number of pyridine rings is 1. The third-order valence-corrected chi connectivity index (χ3v) is 5.60. The number of aryl methyl sites for hydroxylation is 1. The van der Waals surface area contributed by atoms with Crippen LogP contribution in [0.3, 0.4) is 0 Å². The molecule has 0 bridgehead atoms. The number of carbonyl (C=O) groups is 1. The van der Waals surface area contributed by atoms with Gasteiger partial charge in [0, 0.05) is 49.9 Å². The van der Waals surface area contributed by atoms with Crippen LogP contribution in [0.15, 0.2) is 66.9 Å². The van der Waals surface area contributed by atoms with Crippen LogP contribution in [0.25, 0.3) is 0 Å². The second kappa shape index (κ2) is 9.57. The highest BCUT2D eigenvalue weighted by Crippen LogP contribution is 2.22. The van der Waals surface area contributed by atoms with Crippen molar-refractivity contribution >= 4 is 23.1 Å². The van der Waals surface area contributed by atoms with Crippen LogP contribution in [0, 0.1) is 17.0 Å². The van der Waals surface area contributed by atoms with E-state index in [1.165, 1.54) is 0 Å². The van der Waals surface area contributed by atoms with Gasteiger partial charge in [0.2, 0.25) is 0 Å². The molecule has 8 nitrogen and oxygen atoms in total. The number of hydrogen-bond acceptors (Lipinski definition) is 6. The normalized spacial score (nSPS) is 14.2. The number of amides is 1. The second-order valence-corrected chi connectivity index (χ2v) is 7.87. The molecule has 0 radical (unpaired) electrons. The van der Waals surface area contributed by atoms with Gasteiger partial charge in [-0.05, 0) is 31.2 Å². The van der Waals surface area contributed by atoms with Crippen LogP contribution in [0.1, 0.15) is 21.5 Å². The first-order valence-electron chi connectivity index (χ1n) is 10.5. The number of benzene rings is 2. The molecule has 1 aromatic heterocycles. The quantitative estimate of drug-likeness (QED) is 0.471. The SMILES string of the molecule is Cc1ccc(C(=O)Nc2ccc(N3CCN(Cc4ccccc4[N+](=O)[O-])CC3)nc2)cc1. The maximum absolute atomic E-state index is 12.4. The molecule has 4 rings (SSSR count). The summed E-state index contributed by atoms with van der Waals surface area (Å²) < 4.78 is 0. The maximum atomic E-state index is 12.4. The number of piperazine rings is 1. The standard InChI is InChI=1S/C24H25N5O3/c1-18-6-8-19(9-7-18)24(30)26-21-10-11-23(25-16-21)28-14-12-27(13-15-28)17-20-4-2-3-5-22(20)29(31)32/h2-11,16H,12-15,17H2,1H3,(H,26,30). The van der Waals surface area contributed by atoms with E-state index in [1.54, 1.807) is 30.5 Å². The fraction of sp³-hybridized carbons (Fsp3) is 0.250. The van der Waals surface area contributed by atoms with Crippen molar-refractivity contribution in [1.29, 1.82) is 0 Å². The number of rotatable bonds is 6.